The van der Waals surface area contributed by atoms with Crippen molar-refractivity contribution in [3.05, 3.63) is 47.2 Å². The molecule has 8 nitrogen and oxygen atoms in total. The normalized spacial score (nSPS) is 11.6. The smallest absolute Gasteiger partial charge is 0.241 e. The SMILES string of the molecule is CCS(=O)(=O)Nc1ccc(F)c(C(=O)Cc2cnc3[nH]nc(OC)c3c2)c1F. The molecule has 2 heterocycles. The van der Waals surface area contributed by atoms with Crippen LogP contribution < -0.4 is 9.46 Å². The number of sulfonamides is 1. The zero-order valence-electron chi connectivity index (χ0n) is 14.9. The number of hydrogen-bond donors (Lipinski definition) is 2. The van der Waals surface area contributed by atoms with Gasteiger partial charge in [-0.15, -0.1) is 5.10 Å². The van der Waals surface area contributed by atoms with Gasteiger partial charge in [-0.05, 0) is 30.7 Å². The molecule has 11 heteroatoms. The number of fused-ring (bicyclic) bond motifs is 1. The number of hydrogen-bond acceptors (Lipinski definition) is 6. The molecule has 1 aromatic carbocycles. The minimum absolute atomic E-state index is 0.269. The number of nitrogens with zero attached hydrogens (tertiary/aromatic N) is 2. The summed E-state index contributed by atoms with van der Waals surface area (Å²) in [5.74, 6) is -3.25. The summed E-state index contributed by atoms with van der Waals surface area (Å²) in [6, 6.07) is 3.34. The van der Waals surface area contributed by atoms with Crippen molar-refractivity contribution in [2.75, 3.05) is 17.6 Å². The molecule has 0 bridgehead atoms. The van der Waals surface area contributed by atoms with E-state index in [4.69, 9.17) is 4.74 Å². The highest BCUT2D eigenvalue weighted by atomic mass is 32.2. The van der Waals surface area contributed by atoms with Gasteiger partial charge in [0.2, 0.25) is 15.9 Å². The van der Waals surface area contributed by atoms with Crippen molar-refractivity contribution in [1.82, 2.24) is 15.2 Å². The first-order chi connectivity index (χ1) is 13.3. The summed E-state index contributed by atoms with van der Waals surface area (Å²) < 4.78 is 59.1. The number of methoxy groups -OCH3 is 1. The number of aromatic amines is 1. The molecular weight excluding hydrogens is 394 g/mol. The first kappa shape index (κ1) is 19.7. The van der Waals surface area contributed by atoms with E-state index in [9.17, 15) is 22.0 Å². The molecule has 0 fully saturated rings. The van der Waals surface area contributed by atoms with Gasteiger partial charge in [0.1, 0.15) is 5.82 Å². The van der Waals surface area contributed by atoms with Crippen LogP contribution in [0.5, 0.6) is 5.88 Å². The number of halogens is 2. The third-order valence-electron chi connectivity index (χ3n) is 4.01. The van der Waals surface area contributed by atoms with Crippen LogP contribution in [0.4, 0.5) is 14.5 Å². The lowest BCUT2D eigenvalue weighted by Crippen LogP contribution is -2.18. The summed E-state index contributed by atoms with van der Waals surface area (Å²) in [5, 5.41) is 7.05. The first-order valence-electron chi connectivity index (χ1n) is 8.14. The van der Waals surface area contributed by atoms with Crippen LogP contribution in [0.3, 0.4) is 0 Å². The Morgan fingerprint density at radius 2 is 2.07 bits per heavy atom. The van der Waals surface area contributed by atoms with Gasteiger partial charge in [-0.3, -0.25) is 14.6 Å². The van der Waals surface area contributed by atoms with Crippen molar-refractivity contribution in [3.63, 3.8) is 0 Å². The minimum atomic E-state index is -3.79. The average Bonchev–Trinajstić information content (AvgIpc) is 3.06. The molecule has 0 aliphatic rings. The Morgan fingerprint density at radius 3 is 2.75 bits per heavy atom. The molecule has 2 aromatic heterocycles. The van der Waals surface area contributed by atoms with Crippen molar-refractivity contribution in [1.29, 1.82) is 0 Å². The molecule has 0 amide bonds. The summed E-state index contributed by atoms with van der Waals surface area (Å²) in [6.45, 7) is 1.36. The largest absolute Gasteiger partial charge is 0.479 e. The molecule has 0 unspecified atom stereocenters. The van der Waals surface area contributed by atoms with Gasteiger partial charge in [0.15, 0.2) is 17.2 Å². The summed E-state index contributed by atoms with van der Waals surface area (Å²) in [7, 11) is -2.38. The Morgan fingerprint density at radius 1 is 1.32 bits per heavy atom. The fourth-order valence-corrected chi connectivity index (χ4v) is 3.21. The molecule has 3 aromatic rings. The van der Waals surface area contributed by atoms with Crippen molar-refractivity contribution < 1.29 is 26.7 Å². The number of anilines is 1. The predicted molar refractivity (Wildman–Crippen MR) is 97.9 cm³/mol. The van der Waals surface area contributed by atoms with E-state index in [1.54, 1.807) is 6.07 Å². The van der Waals surface area contributed by atoms with Gasteiger partial charge < -0.3 is 4.74 Å². The van der Waals surface area contributed by atoms with E-state index in [0.717, 1.165) is 12.1 Å². The second-order valence-electron chi connectivity index (χ2n) is 5.86. The van der Waals surface area contributed by atoms with Crippen LogP contribution in [0.2, 0.25) is 0 Å². The fraction of sp³-hybridized carbons (Fsp3) is 0.235. The van der Waals surface area contributed by atoms with Crippen LogP contribution in [0, 0.1) is 11.6 Å². The van der Waals surface area contributed by atoms with Crippen molar-refractivity contribution in [2.45, 2.75) is 13.3 Å². The molecule has 28 heavy (non-hydrogen) atoms. The number of nitrogens with one attached hydrogen (secondary N) is 2. The molecule has 0 spiro atoms. The van der Waals surface area contributed by atoms with Crippen LogP contribution >= 0.6 is 0 Å². The maximum absolute atomic E-state index is 14.6. The number of carbonyl (C=O) groups is 1. The number of rotatable bonds is 7. The van der Waals surface area contributed by atoms with E-state index in [2.05, 4.69) is 15.2 Å². The highest BCUT2D eigenvalue weighted by Crippen LogP contribution is 2.25. The minimum Gasteiger partial charge on any atom is -0.479 e. The molecule has 0 saturated carbocycles. The second-order valence-corrected chi connectivity index (χ2v) is 7.87. The molecular formula is C17H16F2N4O4S. The summed E-state index contributed by atoms with van der Waals surface area (Å²) in [4.78, 5) is 16.6. The Hall–Kier alpha value is -3.08. The van der Waals surface area contributed by atoms with Gasteiger partial charge in [0, 0.05) is 12.6 Å². The van der Waals surface area contributed by atoms with Gasteiger partial charge in [-0.25, -0.2) is 22.2 Å². The van der Waals surface area contributed by atoms with Crippen LogP contribution in [0.25, 0.3) is 11.0 Å². The molecule has 0 radical (unpaired) electrons. The highest BCUT2D eigenvalue weighted by molar-refractivity contribution is 7.92. The maximum Gasteiger partial charge on any atom is 0.241 e. The fourth-order valence-electron chi connectivity index (χ4n) is 2.58. The Bertz CT molecular complexity index is 1160. The van der Waals surface area contributed by atoms with Crippen LogP contribution in [0.1, 0.15) is 22.8 Å². The third-order valence-corrected chi connectivity index (χ3v) is 5.30. The Balaban J connectivity index is 1.94. The van der Waals surface area contributed by atoms with E-state index in [1.807, 2.05) is 4.72 Å². The lowest BCUT2D eigenvalue weighted by atomic mass is 10.0. The van der Waals surface area contributed by atoms with Crippen LogP contribution in [-0.4, -0.2) is 42.2 Å². The lowest BCUT2D eigenvalue weighted by Gasteiger charge is -2.11. The third kappa shape index (κ3) is 3.79. The van der Waals surface area contributed by atoms with Gasteiger partial charge in [-0.1, -0.05) is 0 Å². The lowest BCUT2D eigenvalue weighted by molar-refractivity contribution is 0.0985. The molecule has 2 N–H and O–H groups in total. The van der Waals surface area contributed by atoms with Crippen LogP contribution in [-0.2, 0) is 16.4 Å². The number of aromatic nitrogens is 3. The molecule has 3 rings (SSSR count). The molecule has 0 aliphatic heterocycles. The number of ketones is 1. The summed E-state index contributed by atoms with van der Waals surface area (Å²) in [6.07, 6.45) is 1.02. The van der Waals surface area contributed by atoms with E-state index in [-0.39, 0.29) is 18.1 Å². The second kappa shape index (κ2) is 7.50. The number of ether oxygens (including phenoxy) is 1. The zero-order valence-corrected chi connectivity index (χ0v) is 15.7. The van der Waals surface area contributed by atoms with Crippen molar-refractivity contribution in [3.8, 4) is 5.88 Å². The first-order valence-corrected chi connectivity index (χ1v) is 9.79. The quantitative estimate of drug-likeness (QED) is 0.578. The van der Waals surface area contributed by atoms with E-state index in [1.165, 1.54) is 20.2 Å². The number of Topliss-reactive ketones (excluding diaryl/α,β-unsaturated/α-hetero) is 1. The zero-order chi connectivity index (χ0) is 20.5. The standard InChI is InChI=1S/C17H16F2N4O4S/c1-3-28(25,26)23-12-5-4-11(18)14(15(12)19)13(24)7-9-6-10-16(20-8-9)21-22-17(10)27-2/h4-6,8,23H,3,7H2,1-2H3,(H,20,21,22). The predicted octanol–water partition coefficient (Wildman–Crippen LogP) is 2.43. The highest BCUT2D eigenvalue weighted by Gasteiger charge is 2.23. The Labute approximate surface area is 159 Å². The van der Waals surface area contributed by atoms with E-state index in [0.29, 0.717) is 16.6 Å². The summed E-state index contributed by atoms with van der Waals surface area (Å²) >= 11 is 0. The van der Waals surface area contributed by atoms with Gasteiger partial charge in [-0.2, -0.15) is 0 Å². The number of pyridine rings is 1. The van der Waals surface area contributed by atoms with Crippen LogP contribution in [0.15, 0.2) is 24.4 Å². The van der Waals surface area contributed by atoms with Crippen molar-refractivity contribution >= 4 is 32.5 Å². The molecule has 0 aliphatic carbocycles. The van der Waals surface area contributed by atoms with E-state index >= 15 is 0 Å². The number of H-pyrrole nitrogens is 1. The molecule has 0 atom stereocenters. The monoisotopic (exact) mass is 410 g/mol. The van der Waals surface area contributed by atoms with Gasteiger partial charge in [0.05, 0.1) is 29.5 Å². The van der Waals surface area contributed by atoms with E-state index < -0.39 is 38.7 Å². The maximum atomic E-state index is 14.6. The van der Waals surface area contributed by atoms with Gasteiger partial charge in [0.25, 0.3) is 0 Å². The Kier molecular flexibility index (Phi) is 5.27. The van der Waals surface area contributed by atoms with Gasteiger partial charge >= 0.3 is 0 Å². The summed E-state index contributed by atoms with van der Waals surface area (Å²) in [5.41, 5.74) is -0.496. The number of carbonyl (C=O) groups excluding carboxylic acids is 1. The van der Waals surface area contributed by atoms with Crippen molar-refractivity contribution in [2.24, 2.45) is 0 Å². The number of benzene rings is 1. The average molecular weight is 410 g/mol. The molecule has 148 valence electrons. The topological polar surface area (TPSA) is 114 Å². The molecule has 0 saturated heterocycles.